The highest BCUT2D eigenvalue weighted by molar-refractivity contribution is 6.36. The molecule has 0 aliphatic heterocycles. The number of carbonyl (C=O) groups is 1. The van der Waals surface area contributed by atoms with E-state index in [2.05, 4.69) is 0 Å². The molecule has 0 saturated heterocycles. The van der Waals surface area contributed by atoms with Crippen LogP contribution in [-0.4, -0.2) is 11.1 Å². The van der Waals surface area contributed by atoms with Crippen LogP contribution < -0.4 is 0 Å². The van der Waals surface area contributed by atoms with Gasteiger partial charge >= 0.3 is 5.97 Å². The highest BCUT2D eigenvalue weighted by atomic mass is 35.5. The number of hydrogen-bond donors (Lipinski definition) is 1. The Hall–Kier alpha value is -2.31. The monoisotopic (exact) mass is 257 g/mol. The molecule has 2 aromatic rings. The highest BCUT2D eigenvalue weighted by Crippen LogP contribution is 2.30. The first-order valence-corrected chi connectivity index (χ1v) is 5.53. The Bertz CT molecular complexity index is 642. The zero-order valence-corrected chi connectivity index (χ0v) is 9.98. The summed E-state index contributed by atoms with van der Waals surface area (Å²) in [5, 5.41) is 17.9. The van der Waals surface area contributed by atoms with Gasteiger partial charge in [0.25, 0.3) is 0 Å². The van der Waals surface area contributed by atoms with Gasteiger partial charge < -0.3 is 5.11 Å². The standard InChI is InChI=1S/C14H8ClNO2/c15-13-11(2-1-3-12(13)14(17)18)10-6-4-9(8-16)5-7-10/h1-7H,(H,17,18). The van der Waals surface area contributed by atoms with Crippen LogP contribution in [0.3, 0.4) is 0 Å². The van der Waals surface area contributed by atoms with Gasteiger partial charge in [-0.15, -0.1) is 0 Å². The largest absolute Gasteiger partial charge is 0.478 e. The summed E-state index contributed by atoms with van der Waals surface area (Å²) in [5.74, 6) is -1.06. The first-order chi connectivity index (χ1) is 8.63. The SMILES string of the molecule is N#Cc1ccc(-c2cccc(C(=O)O)c2Cl)cc1. The number of carboxylic acid groups (broad SMARTS) is 1. The van der Waals surface area contributed by atoms with Crippen LogP contribution in [0.1, 0.15) is 15.9 Å². The summed E-state index contributed by atoms with van der Waals surface area (Å²) in [7, 11) is 0. The fourth-order valence-electron chi connectivity index (χ4n) is 1.64. The van der Waals surface area contributed by atoms with E-state index in [0.29, 0.717) is 11.1 Å². The molecule has 0 aliphatic rings. The van der Waals surface area contributed by atoms with Crippen LogP contribution in [0.25, 0.3) is 11.1 Å². The second-order valence-corrected chi connectivity index (χ2v) is 4.04. The molecule has 0 saturated carbocycles. The molecular weight excluding hydrogens is 250 g/mol. The Morgan fingerprint density at radius 2 is 1.83 bits per heavy atom. The maximum Gasteiger partial charge on any atom is 0.337 e. The van der Waals surface area contributed by atoms with Crippen LogP contribution in [0, 0.1) is 11.3 Å². The molecule has 2 aromatic carbocycles. The van der Waals surface area contributed by atoms with Crippen molar-refractivity contribution in [2.24, 2.45) is 0 Å². The van der Waals surface area contributed by atoms with Crippen molar-refractivity contribution >= 4 is 17.6 Å². The van der Waals surface area contributed by atoms with Gasteiger partial charge in [-0.05, 0) is 23.8 Å². The maximum atomic E-state index is 11.0. The van der Waals surface area contributed by atoms with Gasteiger partial charge in [0.1, 0.15) is 0 Å². The van der Waals surface area contributed by atoms with Gasteiger partial charge in [-0.25, -0.2) is 4.79 Å². The van der Waals surface area contributed by atoms with E-state index in [-0.39, 0.29) is 10.6 Å². The molecule has 18 heavy (non-hydrogen) atoms. The van der Waals surface area contributed by atoms with E-state index in [1.54, 1.807) is 36.4 Å². The fraction of sp³-hybridized carbons (Fsp3) is 0. The average molecular weight is 258 g/mol. The minimum absolute atomic E-state index is 0.0681. The molecule has 0 bridgehead atoms. The smallest absolute Gasteiger partial charge is 0.337 e. The number of hydrogen-bond acceptors (Lipinski definition) is 2. The third kappa shape index (κ3) is 2.20. The quantitative estimate of drug-likeness (QED) is 0.894. The molecular formula is C14H8ClNO2. The van der Waals surface area contributed by atoms with Crippen LogP contribution in [0.4, 0.5) is 0 Å². The fourth-order valence-corrected chi connectivity index (χ4v) is 1.96. The first kappa shape index (κ1) is 12.2. The molecule has 0 radical (unpaired) electrons. The van der Waals surface area contributed by atoms with Crippen molar-refractivity contribution in [1.29, 1.82) is 5.26 Å². The molecule has 0 amide bonds. The molecule has 0 heterocycles. The molecule has 4 heteroatoms. The van der Waals surface area contributed by atoms with Crippen LogP contribution >= 0.6 is 11.6 Å². The summed E-state index contributed by atoms with van der Waals surface area (Å²) in [6, 6.07) is 13.7. The molecule has 0 spiro atoms. The van der Waals surface area contributed by atoms with Gasteiger partial charge in [0.05, 0.1) is 22.2 Å². The third-order valence-corrected chi connectivity index (χ3v) is 2.96. The van der Waals surface area contributed by atoms with Crippen LogP contribution in [0.15, 0.2) is 42.5 Å². The molecule has 88 valence electrons. The number of nitriles is 1. The first-order valence-electron chi connectivity index (χ1n) is 5.16. The summed E-state index contributed by atoms with van der Waals surface area (Å²) in [4.78, 5) is 11.0. The topological polar surface area (TPSA) is 61.1 Å². The number of rotatable bonds is 2. The minimum atomic E-state index is -1.06. The number of benzene rings is 2. The molecule has 3 nitrogen and oxygen atoms in total. The molecule has 0 fully saturated rings. The van der Waals surface area contributed by atoms with E-state index in [9.17, 15) is 4.79 Å². The van der Waals surface area contributed by atoms with Crippen molar-refractivity contribution in [3.05, 3.63) is 58.6 Å². The van der Waals surface area contributed by atoms with Crippen LogP contribution in [0.5, 0.6) is 0 Å². The van der Waals surface area contributed by atoms with E-state index in [4.69, 9.17) is 22.0 Å². The summed E-state index contributed by atoms with van der Waals surface area (Å²) in [6.45, 7) is 0. The molecule has 0 atom stereocenters. The predicted molar refractivity (Wildman–Crippen MR) is 68.6 cm³/mol. The summed E-state index contributed by atoms with van der Waals surface area (Å²) in [5.41, 5.74) is 2.03. The van der Waals surface area contributed by atoms with Crippen molar-refractivity contribution in [3.8, 4) is 17.2 Å². The van der Waals surface area contributed by atoms with Gasteiger partial charge in [0, 0.05) is 5.56 Å². The molecule has 2 rings (SSSR count). The van der Waals surface area contributed by atoms with Crippen molar-refractivity contribution in [3.63, 3.8) is 0 Å². The van der Waals surface area contributed by atoms with E-state index in [1.165, 1.54) is 6.07 Å². The van der Waals surface area contributed by atoms with Gasteiger partial charge in [-0.1, -0.05) is 35.9 Å². The molecule has 0 aliphatic carbocycles. The molecule has 0 aromatic heterocycles. The lowest BCUT2D eigenvalue weighted by molar-refractivity contribution is 0.0697. The summed E-state index contributed by atoms with van der Waals surface area (Å²) in [6.07, 6.45) is 0. The van der Waals surface area contributed by atoms with Crippen molar-refractivity contribution < 1.29 is 9.90 Å². The van der Waals surface area contributed by atoms with Crippen molar-refractivity contribution in [2.75, 3.05) is 0 Å². The third-order valence-electron chi connectivity index (χ3n) is 2.55. The van der Waals surface area contributed by atoms with Crippen molar-refractivity contribution in [2.45, 2.75) is 0 Å². The Labute approximate surface area is 109 Å². The predicted octanol–water partition coefficient (Wildman–Crippen LogP) is 3.58. The molecule has 0 unspecified atom stereocenters. The maximum absolute atomic E-state index is 11.0. The summed E-state index contributed by atoms with van der Waals surface area (Å²) >= 11 is 6.07. The lowest BCUT2D eigenvalue weighted by atomic mass is 10.0. The lowest BCUT2D eigenvalue weighted by Gasteiger charge is -2.07. The second kappa shape index (κ2) is 4.91. The van der Waals surface area contributed by atoms with Gasteiger partial charge in [0.15, 0.2) is 0 Å². The summed E-state index contributed by atoms with van der Waals surface area (Å²) < 4.78 is 0. The van der Waals surface area contributed by atoms with Gasteiger partial charge in [-0.2, -0.15) is 5.26 Å². The Kier molecular flexibility index (Phi) is 3.31. The van der Waals surface area contributed by atoms with E-state index in [1.807, 2.05) is 6.07 Å². The number of halogens is 1. The van der Waals surface area contributed by atoms with Crippen LogP contribution in [0.2, 0.25) is 5.02 Å². The van der Waals surface area contributed by atoms with Crippen molar-refractivity contribution in [1.82, 2.24) is 0 Å². The van der Waals surface area contributed by atoms with E-state index >= 15 is 0 Å². The zero-order valence-electron chi connectivity index (χ0n) is 9.22. The second-order valence-electron chi connectivity index (χ2n) is 3.66. The zero-order chi connectivity index (χ0) is 13.1. The highest BCUT2D eigenvalue weighted by Gasteiger charge is 2.12. The van der Waals surface area contributed by atoms with Gasteiger partial charge in [-0.3, -0.25) is 0 Å². The number of carboxylic acids is 1. The average Bonchev–Trinajstić information content (AvgIpc) is 2.39. The van der Waals surface area contributed by atoms with E-state index in [0.717, 1.165) is 5.56 Å². The Morgan fingerprint density at radius 1 is 1.17 bits per heavy atom. The number of nitrogens with zero attached hydrogens (tertiary/aromatic N) is 1. The van der Waals surface area contributed by atoms with Gasteiger partial charge in [0.2, 0.25) is 0 Å². The lowest BCUT2D eigenvalue weighted by Crippen LogP contribution is -1.98. The van der Waals surface area contributed by atoms with E-state index < -0.39 is 5.97 Å². The van der Waals surface area contributed by atoms with Crippen LogP contribution in [-0.2, 0) is 0 Å². The normalized spacial score (nSPS) is 9.78. The molecule has 1 N–H and O–H groups in total. The Balaban J connectivity index is 2.54. The Morgan fingerprint density at radius 3 is 2.39 bits per heavy atom. The number of aromatic carboxylic acids is 1. The minimum Gasteiger partial charge on any atom is -0.478 e.